The van der Waals surface area contributed by atoms with Crippen LogP contribution >= 0.6 is 0 Å². The normalized spacial score (nSPS) is 27.6. The summed E-state index contributed by atoms with van der Waals surface area (Å²) in [4.78, 5) is 13.9. The highest BCUT2D eigenvalue weighted by molar-refractivity contribution is 5.92. The van der Waals surface area contributed by atoms with Crippen molar-refractivity contribution >= 4 is 11.7 Å². The highest BCUT2D eigenvalue weighted by Crippen LogP contribution is 2.29. The van der Waals surface area contributed by atoms with Crippen molar-refractivity contribution in [3.63, 3.8) is 0 Å². The fourth-order valence-corrected chi connectivity index (χ4v) is 2.95. The van der Waals surface area contributed by atoms with E-state index in [0.717, 1.165) is 36.9 Å². The van der Waals surface area contributed by atoms with Gasteiger partial charge in [0.2, 0.25) is 0 Å². The zero-order chi connectivity index (χ0) is 12.5. The van der Waals surface area contributed by atoms with Crippen LogP contribution in [0.5, 0.6) is 0 Å². The number of urea groups is 1. The minimum atomic E-state index is -0.380. The molecule has 1 aliphatic carbocycles. The van der Waals surface area contributed by atoms with Crippen LogP contribution in [-0.2, 0) is 6.54 Å². The first-order valence-corrected chi connectivity index (χ1v) is 6.59. The first-order chi connectivity index (χ1) is 8.75. The van der Waals surface area contributed by atoms with Gasteiger partial charge in [-0.25, -0.2) is 4.79 Å². The molecule has 4 nitrogen and oxygen atoms in total. The highest BCUT2D eigenvalue weighted by Gasteiger charge is 2.34. The fraction of sp³-hybridized carbons (Fsp3) is 0.500. The number of nitrogens with zero attached hydrogens (tertiary/aromatic N) is 1. The first-order valence-electron chi connectivity index (χ1n) is 6.59. The molecule has 96 valence electrons. The molecule has 0 saturated heterocycles. The lowest BCUT2D eigenvalue weighted by atomic mass is 9.91. The first kappa shape index (κ1) is 11.5. The number of carbonyl (C=O) groups excluding carboxylic acids is 1. The van der Waals surface area contributed by atoms with Crippen LogP contribution in [0, 0.1) is 0 Å². The highest BCUT2D eigenvalue weighted by atomic mass is 16.3. The average Bonchev–Trinajstić information content (AvgIpc) is 2.39. The molecule has 0 bridgehead atoms. The molecule has 1 aliphatic heterocycles. The molecule has 1 saturated carbocycles. The van der Waals surface area contributed by atoms with Gasteiger partial charge in [-0.3, -0.25) is 0 Å². The van der Waals surface area contributed by atoms with Gasteiger partial charge in [-0.05, 0) is 24.5 Å². The van der Waals surface area contributed by atoms with Gasteiger partial charge in [0.05, 0.1) is 12.1 Å². The Labute approximate surface area is 107 Å². The monoisotopic (exact) mass is 246 g/mol. The molecular weight excluding hydrogens is 228 g/mol. The van der Waals surface area contributed by atoms with Crippen molar-refractivity contribution < 1.29 is 9.90 Å². The zero-order valence-electron chi connectivity index (χ0n) is 10.3. The van der Waals surface area contributed by atoms with Gasteiger partial charge >= 0.3 is 6.03 Å². The van der Waals surface area contributed by atoms with Gasteiger partial charge in [0.1, 0.15) is 0 Å². The Bertz CT molecular complexity index is 461. The number of amides is 2. The van der Waals surface area contributed by atoms with E-state index in [4.69, 9.17) is 0 Å². The molecule has 1 heterocycles. The Morgan fingerprint density at radius 3 is 2.83 bits per heavy atom. The summed E-state index contributed by atoms with van der Waals surface area (Å²) in [5.74, 6) is 0. The molecule has 1 aromatic rings. The second kappa shape index (κ2) is 4.61. The maximum atomic E-state index is 12.1. The topological polar surface area (TPSA) is 52.6 Å². The number of carbonyl (C=O) groups is 1. The van der Waals surface area contributed by atoms with Gasteiger partial charge in [-0.15, -0.1) is 0 Å². The predicted molar refractivity (Wildman–Crippen MR) is 69.3 cm³/mol. The second-order valence-corrected chi connectivity index (χ2v) is 5.13. The zero-order valence-corrected chi connectivity index (χ0v) is 10.3. The van der Waals surface area contributed by atoms with Crippen LogP contribution in [0.15, 0.2) is 24.3 Å². The average molecular weight is 246 g/mol. The molecule has 2 N–H and O–H groups in total. The van der Waals surface area contributed by atoms with E-state index in [9.17, 15) is 9.90 Å². The van der Waals surface area contributed by atoms with E-state index in [1.54, 1.807) is 4.90 Å². The van der Waals surface area contributed by atoms with Gasteiger partial charge in [0.15, 0.2) is 0 Å². The van der Waals surface area contributed by atoms with Crippen LogP contribution in [0.4, 0.5) is 10.5 Å². The summed E-state index contributed by atoms with van der Waals surface area (Å²) in [6.45, 7) is 0.601. The van der Waals surface area contributed by atoms with E-state index in [1.165, 1.54) is 0 Å². The fourth-order valence-electron chi connectivity index (χ4n) is 2.95. The van der Waals surface area contributed by atoms with Crippen LogP contribution in [0.2, 0.25) is 0 Å². The largest absolute Gasteiger partial charge is 0.391 e. The van der Waals surface area contributed by atoms with Gasteiger partial charge in [0.25, 0.3) is 0 Å². The number of aliphatic hydroxyl groups is 1. The summed E-state index contributed by atoms with van der Waals surface area (Å²) >= 11 is 0. The van der Waals surface area contributed by atoms with Crippen LogP contribution < -0.4 is 5.32 Å². The van der Waals surface area contributed by atoms with Crippen molar-refractivity contribution in [2.45, 2.75) is 44.4 Å². The molecule has 18 heavy (non-hydrogen) atoms. The summed E-state index contributed by atoms with van der Waals surface area (Å²) in [5.41, 5.74) is 2.01. The Morgan fingerprint density at radius 2 is 2.00 bits per heavy atom. The lowest BCUT2D eigenvalue weighted by Crippen LogP contribution is -2.51. The van der Waals surface area contributed by atoms with Crippen molar-refractivity contribution in [1.82, 2.24) is 4.90 Å². The van der Waals surface area contributed by atoms with E-state index in [0.29, 0.717) is 6.54 Å². The van der Waals surface area contributed by atoms with E-state index in [2.05, 4.69) is 5.32 Å². The van der Waals surface area contributed by atoms with Crippen molar-refractivity contribution in [1.29, 1.82) is 0 Å². The molecule has 0 unspecified atom stereocenters. The number of nitrogens with one attached hydrogen (secondary N) is 1. The van der Waals surface area contributed by atoms with Gasteiger partial charge in [0, 0.05) is 12.2 Å². The van der Waals surface area contributed by atoms with Crippen LogP contribution in [0.1, 0.15) is 31.2 Å². The molecule has 0 spiro atoms. The number of hydrogen-bond donors (Lipinski definition) is 2. The Hall–Kier alpha value is -1.55. The third-order valence-electron chi connectivity index (χ3n) is 3.95. The van der Waals surface area contributed by atoms with Crippen LogP contribution in [-0.4, -0.2) is 28.2 Å². The molecule has 1 aromatic carbocycles. The molecule has 2 atom stereocenters. The predicted octanol–water partition coefficient (Wildman–Crippen LogP) is 2.34. The summed E-state index contributed by atoms with van der Waals surface area (Å²) in [6.07, 6.45) is 3.47. The molecule has 2 aliphatic rings. The lowest BCUT2D eigenvalue weighted by Gasteiger charge is -2.40. The summed E-state index contributed by atoms with van der Waals surface area (Å²) < 4.78 is 0. The quantitative estimate of drug-likeness (QED) is 0.799. The number of rotatable bonds is 1. The van der Waals surface area contributed by atoms with Crippen molar-refractivity contribution in [3.05, 3.63) is 29.8 Å². The Balaban J connectivity index is 1.84. The molecule has 3 rings (SSSR count). The Morgan fingerprint density at radius 1 is 1.22 bits per heavy atom. The number of para-hydroxylation sites is 1. The van der Waals surface area contributed by atoms with Gasteiger partial charge in [-0.1, -0.05) is 31.0 Å². The third-order valence-corrected chi connectivity index (χ3v) is 3.95. The van der Waals surface area contributed by atoms with E-state index >= 15 is 0 Å². The minimum absolute atomic E-state index is 0.0351. The number of fused-ring (bicyclic) bond motifs is 1. The number of anilines is 1. The lowest BCUT2D eigenvalue weighted by molar-refractivity contribution is 0.0357. The van der Waals surface area contributed by atoms with Crippen LogP contribution in [0.3, 0.4) is 0 Å². The summed E-state index contributed by atoms with van der Waals surface area (Å²) in [6, 6.07) is 7.72. The molecular formula is C14H18N2O2. The van der Waals surface area contributed by atoms with E-state index < -0.39 is 0 Å². The van der Waals surface area contributed by atoms with Crippen molar-refractivity contribution in [3.8, 4) is 0 Å². The molecule has 0 aromatic heterocycles. The van der Waals surface area contributed by atoms with E-state index in [-0.39, 0.29) is 18.2 Å². The molecule has 1 fully saturated rings. The molecule has 2 amide bonds. The number of benzene rings is 1. The van der Waals surface area contributed by atoms with Crippen molar-refractivity contribution in [2.75, 3.05) is 5.32 Å². The SMILES string of the molecule is O=C1Nc2ccccc2CN1[C@@H]1CCCC[C@H]1O. The Kier molecular flexibility index (Phi) is 2.96. The molecule has 4 heteroatoms. The third kappa shape index (κ3) is 1.97. The maximum Gasteiger partial charge on any atom is 0.322 e. The van der Waals surface area contributed by atoms with Gasteiger partial charge in [-0.2, -0.15) is 0 Å². The number of aliphatic hydroxyl groups excluding tert-OH is 1. The van der Waals surface area contributed by atoms with Crippen molar-refractivity contribution in [2.24, 2.45) is 0 Å². The van der Waals surface area contributed by atoms with Crippen LogP contribution in [0.25, 0.3) is 0 Å². The summed E-state index contributed by atoms with van der Waals surface area (Å²) in [7, 11) is 0. The summed E-state index contributed by atoms with van der Waals surface area (Å²) in [5, 5.41) is 13.0. The van der Waals surface area contributed by atoms with E-state index in [1.807, 2.05) is 24.3 Å². The molecule has 0 radical (unpaired) electrons. The smallest absolute Gasteiger partial charge is 0.322 e. The standard InChI is InChI=1S/C14H18N2O2/c17-13-8-4-3-7-12(13)16-9-10-5-1-2-6-11(10)15-14(16)18/h1-2,5-6,12-13,17H,3-4,7-9H2,(H,15,18)/t12-,13-/m1/s1. The maximum absolute atomic E-state index is 12.1. The van der Waals surface area contributed by atoms with Gasteiger partial charge < -0.3 is 15.3 Å². The number of hydrogen-bond acceptors (Lipinski definition) is 2. The minimum Gasteiger partial charge on any atom is -0.391 e. The second-order valence-electron chi connectivity index (χ2n) is 5.13.